The van der Waals surface area contributed by atoms with E-state index >= 15 is 0 Å². The fourth-order valence-electron chi connectivity index (χ4n) is 2.60. The zero-order chi connectivity index (χ0) is 16.2. The van der Waals surface area contributed by atoms with Gasteiger partial charge in [-0.05, 0) is 61.1 Å². The monoisotopic (exact) mass is 330 g/mol. The fraction of sp³-hybridized carbons (Fsp3) is 0.294. The first kappa shape index (κ1) is 15.6. The third kappa shape index (κ3) is 3.53. The minimum absolute atomic E-state index is 0.0675. The molecule has 0 radical (unpaired) electrons. The molecule has 5 nitrogen and oxygen atoms in total. The van der Waals surface area contributed by atoms with Gasteiger partial charge in [-0.1, -0.05) is 0 Å². The number of aromatic hydroxyl groups is 1. The van der Waals surface area contributed by atoms with Crippen molar-refractivity contribution in [1.82, 2.24) is 5.43 Å². The van der Waals surface area contributed by atoms with Gasteiger partial charge in [0.15, 0.2) is 11.5 Å². The van der Waals surface area contributed by atoms with Gasteiger partial charge in [-0.15, -0.1) is 11.3 Å². The molecule has 0 unspecified atom stereocenters. The summed E-state index contributed by atoms with van der Waals surface area (Å²) in [4.78, 5) is 14.2. The number of phenolic OH excluding ortho intramolecular Hbond substituents is 1. The van der Waals surface area contributed by atoms with Gasteiger partial charge in [0.25, 0.3) is 5.91 Å². The van der Waals surface area contributed by atoms with Crippen LogP contribution in [0.15, 0.2) is 29.4 Å². The van der Waals surface area contributed by atoms with E-state index in [0.717, 1.165) is 18.4 Å². The number of carbonyl (C=O) groups is 1. The first-order valence-electron chi connectivity index (χ1n) is 7.49. The molecule has 2 aromatic rings. The number of thiophene rings is 1. The molecule has 0 fully saturated rings. The van der Waals surface area contributed by atoms with Crippen LogP contribution in [0.1, 0.15) is 38.5 Å². The lowest BCUT2D eigenvalue weighted by Gasteiger charge is -2.08. The van der Waals surface area contributed by atoms with Crippen molar-refractivity contribution in [2.45, 2.75) is 25.7 Å². The minimum Gasteiger partial charge on any atom is -0.504 e. The fourth-order valence-corrected chi connectivity index (χ4v) is 3.74. The summed E-state index contributed by atoms with van der Waals surface area (Å²) in [5.74, 6) is 0.246. The summed E-state index contributed by atoms with van der Waals surface area (Å²) in [5, 5.41) is 13.5. The lowest BCUT2D eigenvalue weighted by Crippen LogP contribution is -2.16. The number of ether oxygens (including phenoxy) is 1. The van der Waals surface area contributed by atoms with Gasteiger partial charge >= 0.3 is 0 Å². The second-order valence-corrected chi connectivity index (χ2v) is 6.53. The summed E-state index contributed by atoms with van der Waals surface area (Å²) in [6.45, 7) is 0. The summed E-state index contributed by atoms with van der Waals surface area (Å²) >= 11 is 1.56. The second kappa shape index (κ2) is 6.83. The molecule has 3 rings (SSSR count). The topological polar surface area (TPSA) is 70.9 Å². The van der Waals surface area contributed by atoms with Gasteiger partial charge in [0.2, 0.25) is 0 Å². The van der Waals surface area contributed by atoms with E-state index in [-0.39, 0.29) is 11.7 Å². The van der Waals surface area contributed by atoms with E-state index < -0.39 is 0 Å². The maximum absolute atomic E-state index is 12.2. The van der Waals surface area contributed by atoms with Gasteiger partial charge in [0.05, 0.1) is 18.2 Å². The lowest BCUT2D eigenvalue weighted by molar-refractivity contribution is 0.0959. The summed E-state index contributed by atoms with van der Waals surface area (Å²) in [7, 11) is 1.48. The Morgan fingerprint density at radius 1 is 1.35 bits per heavy atom. The first-order chi connectivity index (χ1) is 11.2. The third-order valence-corrected chi connectivity index (χ3v) is 5.04. The van der Waals surface area contributed by atoms with Crippen LogP contribution in [-0.4, -0.2) is 24.3 Å². The Labute approximate surface area is 138 Å². The van der Waals surface area contributed by atoms with Crippen molar-refractivity contribution in [2.24, 2.45) is 5.10 Å². The minimum atomic E-state index is -0.189. The van der Waals surface area contributed by atoms with E-state index in [1.165, 1.54) is 42.7 Å². The Bertz CT molecular complexity index is 729. The van der Waals surface area contributed by atoms with Gasteiger partial charge in [0, 0.05) is 4.88 Å². The summed E-state index contributed by atoms with van der Waals surface area (Å²) in [6.07, 6.45) is 6.06. The highest BCUT2D eigenvalue weighted by Crippen LogP contribution is 2.29. The van der Waals surface area contributed by atoms with Crippen molar-refractivity contribution in [2.75, 3.05) is 7.11 Å². The maximum Gasteiger partial charge on any atom is 0.281 e. The Morgan fingerprint density at radius 2 is 2.17 bits per heavy atom. The van der Waals surface area contributed by atoms with Gasteiger partial charge < -0.3 is 9.84 Å². The van der Waals surface area contributed by atoms with Gasteiger partial charge in [-0.25, -0.2) is 5.43 Å². The molecule has 6 heteroatoms. The average Bonchev–Trinajstić information content (AvgIpc) is 3.00. The number of nitrogens with zero attached hydrogens (tertiary/aromatic N) is 1. The molecule has 1 aromatic heterocycles. The quantitative estimate of drug-likeness (QED) is 0.668. The molecule has 1 aliphatic rings. The van der Waals surface area contributed by atoms with Gasteiger partial charge in [0.1, 0.15) is 0 Å². The molecule has 0 spiro atoms. The highest BCUT2D eigenvalue weighted by atomic mass is 32.1. The zero-order valence-electron chi connectivity index (χ0n) is 12.8. The lowest BCUT2D eigenvalue weighted by atomic mass is 9.99. The van der Waals surface area contributed by atoms with E-state index in [1.54, 1.807) is 23.5 Å². The van der Waals surface area contributed by atoms with Gasteiger partial charge in [-0.2, -0.15) is 5.10 Å². The molecule has 23 heavy (non-hydrogen) atoms. The number of carbonyl (C=O) groups excluding carboxylic acids is 1. The molecule has 1 aliphatic carbocycles. The number of nitrogens with one attached hydrogen (secondary N) is 1. The summed E-state index contributed by atoms with van der Waals surface area (Å²) in [6, 6.07) is 6.84. The number of hydrazone groups is 1. The molecule has 0 saturated heterocycles. The van der Waals surface area contributed by atoms with Crippen LogP contribution in [0.2, 0.25) is 0 Å². The number of hydrogen-bond donors (Lipinski definition) is 2. The number of rotatable bonds is 4. The maximum atomic E-state index is 12.2. The van der Waals surface area contributed by atoms with Crippen molar-refractivity contribution in [3.8, 4) is 11.5 Å². The molecule has 0 bridgehead atoms. The molecular formula is C17H18N2O3S. The third-order valence-electron chi connectivity index (χ3n) is 3.80. The predicted molar refractivity (Wildman–Crippen MR) is 90.7 cm³/mol. The standard InChI is InChI=1S/C17H18N2O3S/c1-22-14-8-11(6-7-13(14)20)10-18-19-17(21)16-9-12-4-2-3-5-15(12)23-16/h6-10,20H,2-5H2,1H3,(H,19,21)/b18-10+. The van der Waals surface area contributed by atoms with Crippen molar-refractivity contribution in [1.29, 1.82) is 0 Å². The first-order valence-corrected chi connectivity index (χ1v) is 8.31. The van der Waals surface area contributed by atoms with Crippen LogP contribution in [0, 0.1) is 0 Å². The summed E-state index contributed by atoms with van der Waals surface area (Å²) < 4.78 is 5.03. The largest absolute Gasteiger partial charge is 0.504 e. The number of amides is 1. The van der Waals surface area contributed by atoms with Crippen LogP contribution >= 0.6 is 11.3 Å². The van der Waals surface area contributed by atoms with Crippen LogP contribution < -0.4 is 10.2 Å². The zero-order valence-corrected chi connectivity index (χ0v) is 13.7. The number of fused-ring (bicyclic) bond motifs is 1. The van der Waals surface area contributed by atoms with Gasteiger partial charge in [-0.3, -0.25) is 4.79 Å². The van der Waals surface area contributed by atoms with E-state index in [2.05, 4.69) is 10.5 Å². The highest BCUT2D eigenvalue weighted by molar-refractivity contribution is 7.14. The van der Waals surface area contributed by atoms with Crippen molar-refractivity contribution < 1.29 is 14.6 Å². The Morgan fingerprint density at radius 3 is 2.96 bits per heavy atom. The normalized spacial score (nSPS) is 13.8. The van der Waals surface area contributed by atoms with Crippen LogP contribution in [-0.2, 0) is 12.8 Å². The van der Waals surface area contributed by atoms with Crippen molar-refractivity contribution >= 4 is 23.5 Å². The van der Waals surface area contributed by atoms with Crippen LogP contribution in [0.25, 0.3) is 0 Å². The van der Waals surface area contributed by atoms with E-state index in [4.69, 9.17) is 4.74 Å². The number of hydrogen-bond acceptors (Lipinski definition) is 5. The van der Waals surface area contributed by atoms with Crippen molar-refractivity contribution in [3.63, 3.8) is 0 Å². The van der Waals surface area contributed by atoms with E-state index in [1.807, 2.05) is 6.07 Å². The molecule has 1 aromatic carbocycles. The van der Waals surface area contributed by atoms with E-state index in [0.29, 0.717) is 10.6 Å². The molecule has 1 heterocycles. The highest BCUT2D eigenvalue weighted by Gasteiger charge is 2.16. The Balaban J connectivity index is 1.65. The van der Waals surface area contributed by atoms with Crippen LogP contribution in [0.3, 0.4) is 0 Å². The second-order valence-electron chi connectivity index (χ2n) is 5.40. The number of aryl methyl sites for hydroxylation is 2. The molecule has 2 N–H and O–H groups in total. The smallest absolute Gasteiger partial charge is 0.281 e. The number of methoxy groups -OCH3 is 1. The van der Waals surface area contributed by atoms with Crippen molar-refractivity contribution in [3.05, 3.63) is 45.1 Å². The molecule has 120 valence electrons. The SMILES string of the molecule is COc1cc(/C=N/NC(=O)c2cc3c(s2)CCCC3)ccc1O. The number of benzene rings is 1. The Kier molecular flexibility index (Phi) is 4.62. The van der Waals surface area contributed by atoms with Crippen LogP contribution in [0.4, 0.5) is 0 Å². The van der Waals surface area contributed by atoms with E-state index in [9.17, 15) is 9.90 Å². The predicted octanol–water partition coefficient (Wildman–Crippen LogP) is 3.11. The average molecular weight is 330 g/mol. The molecular weight excluding hydrogens is 312 g/mol. The Hall–Kier alpha value is -2.34. The molecule has 0 saturated carbocycles. The molecule has 0 aliphatic heterocycles. The molecule has 0 atom stereocenters. The molecule has 1 amide bonds. The van der Waals surface area contributed by atoms with Crippen LogP contribution in [0.5, 0.6) is 11.5 Å². The number of phenols is 1. The summed E-state index contributed by atoms with van der Waals surface area (Å²) in [5.41, 5.74) is 4.58.